The predicted octanol–water partition coefficient (Wildman–Crippen LogP) is 5.34. The first-order valence-electron chi connectivity index (χ1n) is 8.56. The topological polar surface area (TPSA) is 23.5 Å². The number of rotatable bonds is 1. The summed E-state index contributed by atoms with van der Waals surface area (Å²) in [7, 11) is 2.05. The Morgan fingerprint density at radius 1 is 1.04 bits per heavy atom. The quantitative estimate of drug-likeness (QED) is 0.753. The van der Waals surface area contributed by atoms with Crippen molar-refractivity contribution in [2.45, 2.75) is 37.3 Å². The molecule has 0 aromatic heterocycles. The molecule has 1 aliphatic heterocycles. The van der Waals surface area contributed by atoms with E-state index in [1.54, 1.807) is 6.07 Å². The summed E-state index contributed by atoms with van der Waals surface area (Å²) < 4.78 is 40.3. The predicted molar refractivity (Wildman–Crippen MR) is 92.0 cm³/mol. The number of aromatic hydroxyl groups is 1. The lowest BCUT2D eigenvalue weighted by molar-refractivity contribution is -0.137. The van der Waals surface area contributed by atoms with Crippen molar-refractivity contribution >= 4 is 5.69 Å². The molecule has 2 aromatic rings. The van der Waals surface area contributed by atoms with Gasteiger partial charge in [-0.3, -0.25) is 0 Å². The first-order chi connectivity index (χ1) is 11.8. The number of anilines is 1. The Balaban J connectivity index is 1.87. The zero-order valence-electron chi connectivity index (χ0n) is 14.0. The van der Waals surface area contributed by atoms with Gasteiger partial charge in [-0.2, -0.15) is 13.2 Å². The van der Waals surface area contributed by atoms with Gasteiger partial charge in [0.15, 0.2) is 0 Å². The van der Waals surface area contributed by atoms with Gasteiger partial charge in [0, 0.05) is 24.7 Å². The number of hydrogen-bond donors (Lipinski definition) is 1. The molecule has 0 amide bonds. The maximum absolute atomic E-state index is 13.4. The summed E-state index contributed by atoms with van der Waals surface area (Å²) in [5.41, 5.74) is 2.27. The van der Waals surface area contributed by atoms with E-state index in [0.717, 1.165) is 31.1 Å². The molecule has 5 heteroatoms. The summed E-state index contributed by atoms with van der Waals surface area (Å²) in [5, 5.41) is 9.50. The largest absolute Gasteiger partial charge is 0.508 e. The van der Waals surface area contributed by atoms with E-state index in [9.17, 15) is 18.3 Å². The highest BCUT2D eigenvalue weighted by Crippen LogP contribution is 2.51. The van der Waals surface area contributed by atoms with Crippen molar-refractivity contribution in [3.05, 3.63) is 47.5 Å². The van der Waals surface area contributed by atoms with Crippen LogP contribution in [0, 0.1) is 0 Å². The summed E-state index contributed by atoms with van der Waals surface area (Å²) in [6.45, 7) is 0.938. The molecule has 132 valence electrons. The van der Waals surface area contributed by atoms with Crippen LogP contribution in [-0.4, -0.2) is 18.7 Å². The van der Waals surface area contributed by atoms with E-state index in [4.69, 9.17) is 0 Å². The number of benzene rings is 2. The summed E-state index contributed by atoms with van der Waals surface area (Å²) in [6.07, 6.45) is 0.0228. The molecule has 0 radical (unpaired) electrons. The highest BCUT2D eigenvalue weighted by molar-refractivity contribution is 5.75. The SMILES string of the molecule is CN1CC2(CCCC2)c2cc(-c3ccc(O)cc3C(F)(F)F)ccc21. The molecule has 2 aromatic carbocycles. The Morgan fingerprint density at radius 2 is 1.76 bits per heavy atom. The van der Waals surface area contributed by atoms with Crippen LogP contribution in [0.3, 0.4) is 0 Å². The van der Waals surface area contributed by atoms with Gasteiger partial charge in [-0.05, 0) is 53.8 Å². The maximum atomic E-state index is 13.4. The fourth-order valence-electron chi connectivity index (χ4n) is 4.58. The Labute approximate surface area is 144 Å². The number of phenols is 1. The minimum absolute atomic E-state index is 0.0788. The Hall–Kier alpha value is -2.17. The molecular formula is C20H20F3NO. The zero-order chi connectivity index (χ0) is 17.8. The van der Waals surface area contributed by atoms with Crippen molar-refractivity contribution in [1.82, 2.24) is 0 Å². The van der Waals surface area contributed by atoms with Gasteiger partial charge >= 0.3 is 6.18 Å². The lowest BCUT2D eigenvalue weighted by atomic mass is 9.79. The molecule has 1 N–H and O–H groups in total. The normalized spacial score (nSPS) is 18.8. The molecule has 2 nitrogen and oxygen atoms in total. The van der Waals surface area contributed by atoms with Crippen molar-refractivity contribution in [3.63, 3.8) is 0 Å². The van der Waals surface area contributed by atoms with E-state index < -0.39 is 11.7 Å². The number of likely N-dealkylation sites (N-methyl/N-ethyl adjacent to an activating group) is 1. The Kier molecular flexibility index (Phi) is 3.53. The molecule has 1 heterocycles. The lowest BCUT2D eigenvalue weighted by Gasteiger charge is -2.24. The van der Waals surface area contributed by atoms with Gasteiger partial charge in [0.05, 0.1) is 5.56 Å². The Morgan fingerprint density at radius 3 is 2.44 bits per heavy atom. The standard InChI is InChI=1S/C20H20F3NO/c1-24-12-19(8-2-3-9-19)17-10-13(4-7-18(17)24)15-6-5-14(25)11-16(15)20(21,22)23/h4-7,10-11,25H,2-3,8-9,12H2,1H3. The highest BCUT2D eigenvalue weighted by Gasteiger charge is 2.43. The van der Waals surface area contributed by atoms with Crippen LogP contribution >= 0.6 is 0 Å². The van der Waals surface area contributed by atoms with Crippen LogP contribution in [0.1, 0.15) is 36.8 Å². The second-order valence-electron chi connectivity index (χ2n) is 7.30. The van der Waals surface area contributed by atoms with Crippen LogP contribution in [0.5, 0.6) is 5.75 Å². The first-order valence-corrected chi connectivity index (χ1v) is 8.56. The summed E-state index contributed by atoms with van der Waals surface area (Å²) in [5.74, 6) is -0.371. The number of halogens is 3. The number of fused-ring (bicyclic) bond motifs is 2. The van der Waals surface area contributed by atoms with Crippen LogP contribution in [0.25, 0.3) is 11.1 Å². The average Bonchev–Trinajstić information content (AvgIpc) is 3.13. The van der Waals surface area contributed by atoms with Crippen molar-refractivity contribution in [2.75, 3.05) is 18.5 Å². The molecule has 1 saturated carbocycles. The lowest BCUT2D eigenvalue weighted by Crippen LogP contribution is -2.28. The van der Waals surface area contributed by atoms with Gasteiger partial charge in [-0.25, -0.2) is 0 Å². The smallest absolute Gasteiger partial charge is 0.417 e. The van der Waals surface area contributed by atoms with E-state index in [2.05, 4.69) is 4.90 Å². The van der Waals surface area contributed by atoms with E-state index >= 15 is 0 Å². The first kappa shape index (κ1) is 16.3. The number of alkyl halides is 3. The molecule has 1 fully saturated rings. The molecular weight excluding hydrogens is 327 g/mol. The summed E-state index contributed by atoms with van der Waals surface area (Å²) >= 11 is 0. The van der Waals surface area contributed by atoms with Gasteiger partial charge in [0.25, 0.3) is 0 Å². The van der Waals surface area contributed by atoms with Crippen LogP contribution in [0.2, 0.25) is 0 Å². The number of nitrogens with zero attached hydrogens (tertiary/aromatic N) is 1. The third-order valence-electron chi connectivity index (χ3n) is 5.70. The second kappa shape index (κ2) is 5.41. The molecule has 0 atom stereocenters. The summed E-state index contributed by atoms with van der Waals surface area (Å²) in [4.78, 5) is 2.21. The van der Waals surface area contributed by atoms with Gasteiger partial charge < -0.3 is 10.0 Å². The molecule has 1 aliphatic carbocycles. The molecule has 4 rings (SSSR count). The van der Waals surface area contributed by atoms with Gasteiger partial charge in [0.1, 0.15) is 5.75 Å². The highest BCUT2D eigenvalue weighted by atomic mass is 19.4. The summed E-state index contributed by atoms with van der Waals surface area (Å²) in [6, 6.07) is 9.11. The van der Waals surface area contributed by atoms with Gasteiger partial charge in [0.2, 0.25) is 0 Å². The van der Waals surface area contributed by atoms with Crippen LogP contribution in [-0.2, 0) is 11.6 Å². The van der Waals surface area contributed by atoms with Gasteiger partial charge in [-0.15, -0.1) is 0 Å². The zero-order valence-corrected chi connectivity index (χ0v) is 14.0. The molecule has 1 spiro atoms. The minimum Gasteiger partial charge on any atom is -0.508 e. The number of phenolic OH excluding ortho intramolecular Hbond substituents is 1. The van der Waals surface area contributed by atoms with Crippen molar-refractivity contribution in [2.24, 2.45) is 0 Å². The van der Waals surface area contributed by atoms with Crippen LogP contribution in [0.15, 0.2) is 36.4 Å². The van der Waals surface area contributed by atoms with Crippen LogP contribution in [0.4, 0.5) is 18.9 Å². The van der Waals surface area contributed by atoms with Crippen molar-refractivity contribution < 1.29 is 18.3 Å². The Bertz CT molecular complexity index is 822. The third-order valence-corrected chi connectivity index (χ3v) is 5.70. The minimum atomic E-state index is -4.51. The van der Waals surface area contributed by atoms with Crippen molar-refractivity contribution in [1.29, 1.82) is 0 Å². The third kappa shape index (κ3) is 2.57. The van der Waals surface area contributed by atoms with E-state index in [1.807, 2.05) is 19.2 Å². The maximum Gasteiger partial charge on any atom is 0.417 e. The van der Waals surface area contributed by atoms with E-state index in [1.165, 1.54) is 30.5 Å². The molecule has 0 unspecified atom stereocenters. The average molecular weight is 347 g/mol. The fourth-order valence-corrected chi connectivity index (χ4v) is 4.58. The molecule has 0 saturated heterocycles. The van der Waals surface area contributed by atoms with Gasteiger partial charge in [-0.1, -0.05) is 25.0 Å². The van der Waals surface area contributed by atoms with Crippen LogP contribution < -0.4 is 4.90 Å². The van der Waals surface area contributed by atoms with E-state index in [0.29, 0.717) is 5.56 Å². The number of hydrogen-bond acceptors (Lipinski definition) is 2. The fraction of sp³-hybridized carbons (Fsp3) is 0.400. The molecule has 2 aliphatic rings. The van der Waals surface area contributed by atoms with Crippen molar-refractivity contribution in [3.8, 4) is 16.9 Å². The van der Waals surface area contributed by atoms with E-state index in [-0.39, 0.29) is 16.7 Å². The molecule has 25 heavy (non-hydrogen) atoms. The molecule has 0 bridgehead atoms. The monoisotopic (exact) mass is 347 g/mol. The second-order valence-corrected chi connectivity index (χ2v) is 7.30.